The fraction of sp³-hybridized carbons (Fsp3) is 0.182. The lowest BCUT2D eigenvalue weighted by Gasteiger charge is -2.04. The van der Waals surface area contributed by atoms with Crippen LogP contribution < -0.4 is 0 Å². The Kier molecular flexibility index (Phi) is 2.44. The monoisotopic (exact) mass is 159 g/mol. The highest BCUT2D eigenvalue weighted by Gasteiger charge is 2.00. The topological polar surface area (TPSA) is 12.9 Å². The minimum absolute atomic E-state index is 0.940. The molecule has 0 bridgehead atoms. The van der Waals surface area contributed by atoms with Crippen LogP contribution in [0.4, 0.5) is 0 Å². The van der Waals surface area contributed by atoms with Gasteiger partial charge in [-0.3, -0.25) is 4.98 Å². The van der Waals surface area contributed by atoms with E-state index in [1.54, 1.807) is 0 Å². The Hall–Kier alpha value is -1.37. The molecule has 1 aromatic rings. The van der Waals surface area contributed by atoms with Crippen molar-refractivity contribution in [2.24, 2.45) is 0 Å². The zero-order valence-corrected chi connectivity index (χ0v) is 7.59. The summed E-state index contributed by atoms with van der Waals surface area (Å²) in [5.41, 5.74) is 4.12. The lowest BCUT2D eigenvalue weighted by molar-refractivity contribution is 1.21. The van der Waals surface area contributed by atoms with Crippen molar-refractivity contribution in [1.82, 2.24) is 4.98 Å². The van der Waals surface area contributed by atoms with E-state index in [0.717, 1.165) is 22.4 Å². The van der Waals surface area contributed by atoms with Crippen LogP contribution in [0.15, 0.2) is 25.4 Å². The molecule has 0 spiro atoms. The van der Waals surface area contributed by atoms with Crippen LogP contribution in [0.3, 0.4) is 0 Å². The zero-order valence-electron chi connectivity index (χ0n) is 7.59. The largest absolute Gasteiger partial charge is 0.256 e. The van der Waals surface area contributed by atoms with Gasteiger partial charge in [0.1, 0.15) is 0 Å². The average molecular weight is 159 g/mol. The maximum atomic E-state index is 4.28. The van der Waals surface area contributed by atoms with E-state index in [-0.39, 0.29) is 0 Å². The molecule has 0 aliphatic heterocycles. The number of hydrogen-bond acceptors (Lipinski definition) is 1. The fourth-order valence-corrected chi connectivity index (χ4v) is 1.10. The maximum Gasteiger partial charge on any atom is 0.0725 e. The lowest BCUT2D eigenvalue weighted by Crippen LogP contribution is -1.90. The molecule has 0 aliphatic carbocycles. The molecule has 62 valence electrons. The number of hydrogen-bond donors (Lipinski definition) is 0. The van der Waals surface area contributed by atoms with Gasteiger partial charge in [0.2, 0.25) is 0 Å². The molecule has 0 fully saturated rings. The van der Waals surface area contributed by atoms with Gasteiger partial charge in [0.15, 0.2) is 0 Å². The molecule has 12 heavy (non-hydrogen) atoms. The van der Waals surface area contributed by atoms with Gasteiger partial charge in [0, 0.05) is 11.8 Å². The number of nitrogens with zero attached hydrogens (tertiary/aromatic N) is 1. The standard InChI is InChI=1S/C11H13N/c1-5-10-6-9(4)7-12-11(10)8(2)3/h5-7H,1-2H2,3-4H3. The van der Waals surface area contributed by atoms with Gasteiger partial charge in [0.05, 0.1) is 5.69 Å². The van der Waals surface area contributed by atoms with E-state index in [2.05, 4.69) is 24.2 Å². The summed E-state index contributed by atoms with van der Waals surface area (Å²) in [5.74, 6) is 0. The van der Waals surface area contributed by atoms with E-state index < -0.39 is 0 Å². The molecule has 1 heterocycles. The highest BCUT2D eigenvalue weighted by molar-refractivity contribution is 5.68. The minimum Gasteiger partial charge on any atom is -0.256 e. The van der Waals surface area contributed by atoms with Crippen molar-refractivity contribution >= 4 is 11.6 Å². The summed E-state index contributed by atoms with van der Waals surface area (Å²) in [6.07, 6.45) is 3.65. The Bertz CT molecular complexity index is 324. The Morgan fingerprint density at radius 3 is 2.75 bits per heavy atom. The normalized spacial score (nSPS) is 9.50. The second kappa shape index (κ2) is 3.35. The molecule has 0 saturated carbocycles. The van der Waals surface area contributed by atoms with E-state index in [1.165, 1.54) is 0 Å². The van der Waals surface area contributed by atoms with Crippen LogP contribution >= 0.6 is 0 Å². The van der Waals surface area contributed by atoms with Crippen LogP contribution in [-0.2, 0) is 0 Å². The molecule has 0 aliphatic rings. The van der Waals surface area contributed by atoms with E-state index in [1.807, 2.05) is 26.1 Å². The molecule has 1 rings (SSSR count). The number of rotatable bonds is 2. The smallest absolute Gasteiger partial charge is 0.0725 e. The van der Waals surface area contributed by atoms with Crippen LogP contribution in [0.1, 0.15) is 23.7 Å². The molecule has 0 amide bonds. The average Bonchev–Trinajstić information content (AvgIpc) is 2.03. The molecule has 0 radical (unpaired) electrons. The summed E-state index contributed by atoms with van der Waals surface area (Å²) in [5, 5.41) is 0. The van der Waals surface area contributed by atoms with Gasteiger partial charge >= 0.3 is 0 Å². The highest BCUT2D eigenvalue weighted by Crippen LogP contribution is 2.16. The summed E-state index contributed by atoms with van der Waals surface area (Å²) >= 11 is 0. The summed E-state index contributed by atoms with van der Waals surface area (Å²) in [6.45, 7) is 11.6. The Balaban J connectivity index is 3.29. The predicted octanol–water partition coefficient (Wildman–Crippen LogP) is 3.07. The quantitative estimate of drug-likeness (QED) is 0.646. The van der Waals surface area contributed by atoms with E-state index in [9.17, 15) is 0 Å². The van der Waals surface area contributed by atoms with E-state index in [0.29, 0.717) is 0 Å². The maximum absolute atomic E-state index is 4.28. The molecule has 0 atom stereocenters. The molecule has 1 heteroatoms. The predicted molar refractivity (Wildman–Crippen MR) is 53.8 cm³/mol. The lowest BCUT2D eigenvalue weighted by atomic mass is 10.1. The van der Waals surface area contributed by atoms with Crippen molar-refractivity contribution in [3.8, 4) is 0 Å². The first-order valence-electron chi connectivity index (χ1n) is 3.90. The van der Waals surface area contributed by atoms with E-state index >= 15 is 0 Å². The summed E-state index contributed by atoms with van der Waals surface area (Å²) in [7, 11) is 0. The second-order valence-corrected chi connectivity index (χ2v) is 2.93. The van der Waals surface area contributed by atoms with Crippen molar-refractivity contribution in [2.75, 3.05) is 0 Å². The number of aryl methyl sites for hydroxylation is 1. The van der Waals surface area contributed by atoms with Crippen molar-refractivity contribution < 1.29 is 0 Å². The van der Waals surface area contributed by atoms with Crippen LogP contribution in [0.25, 0.3) is 11.6 Å². The molecule has 0 saturated heterocycles. The molecular formula is C11H13N. The SMILES string of the molecule is C=Cc1cc(C)cnc1C(=C)C. The van der Waals surface area contributed by atoms with Gasteiger partial charge in [-0.2, -0.15) is 0 Å². The van der Waals surface area contributed by atoms with Crippen LogP contribution in [-0.4, -0.2) is 4.98 Å². The van der Waals surface area contributed by atoms with Crippen LogP contribution in [0.2, 0.25) is 0 Å². The molecule has 1 nitrogen and oxygen atoms in total. The number of pyridine rings is 1. The summed E-state index contributed by atoms with van der Waals surface area (Å²) in [4.78, 5) is 4.28. The first-order valence-corrected chi connectivity index (χ1v) is 3.90. The van der Waals surface area contributed by atoms with Crippen molar-refractivity contribution in [3.63, 3.8) is 0 Å². The third-order valence-corrected chi connectivity index (χ3v) is 1.68. The van der Waals surface area contributed by atoms with E-state index in [4.69, 9.17) is 0 Å². The van der Waals surface area contributed by atoms with Gasteiger partial charge in [-0.15, -0.1) is 0 Å². The van der Waals surface area contributed by atoms with Gasteiger partial charge in [0.25, 0.3) is 0 Å². The number of aromatic nitrogens is 1. The first kappa shape index (κ1) is 8.72. The van der Waals surface area contributed by atoms with Gasteiger partial charge in [-0.05, 0) is 31.1 Å². The third kappa shape index (κ3) is 1.62. The van der Waals surface area contributed by atoms with Crippen molar-refractivity contribution in [1.29, 1.82) is 0 Å². The van der Waals surface area contributed by atoms with Gasteiger partial charge < -0.3 is 0 Å². The summed E-state index contributed by atoms with van der Waals surface area (Å²) in [6, 6.07) is 2.06. The van der Waals surface area contributed by atoms with Crippen LogP contribution in [0, 0.1) is 6.92 Å². The first-order chi connectivity index (χ1) is 5.65. The third-order valence-electron chi connectivity index (χ3n) is 1.68. The Labute approximate surface area is 73.5 Å². The Morgan fingerprint density at radius 2 is 2.25 bits per heavy atom. The zero-order chi connectivity index (χ0) is 9.14. The van der Waals surface area contributed by atoms with Crippen LogP contribution in [0.5, 0.6) is 0 Å². The highest BCUT2D eigenvalue weighted by atomic mass is 14.7. The molecule has 0 N–H and O–H groups in total. The molecule has 1 aromatic heterocycles. The second-order valence-electron chi connectivity index (χ2n) is 2.93. The summed E-state index contributed by atoms with van der Waals surface area (Å²) < 4.78 is 0. The van der Waals surface area contributed by atoms with Crippen molar-refractivity contribution in [3.05, 3.63) is 42.2 Å². The van der Waals surface area contributed by atoms with Gasteiger partial charge in [-0.1, -0.05) is 19.2 Å². The van der Waals surface area contributed by atoms with Crippen molar-refractivity contribution in [2.45, 2.75) is 13.8 Å². The Morgan fingerprint density at radius 1 is 1.58 bits per heavy atom. The fourth-order valence-electron chi connectivity index (χ4n) is 1.10. The molecular weight excluding hydrogens is 146 g/mol. The minimum atomic E-state index is 0.940. The number of allylic oxidation sites excluding steroid dienone is 1. The molecule has 0 unspecified atom stereocenters. The van der Waals surface area contributed by atoms with Gasteiger partial charge in [-0.25, -0.2) is 0 Å². The molecule has 0 aromatic carbocycles.